The monoisotopic (exact) mass is 212 g/mol. The minimum Gasteiger partial charge on any atom is -0.288 e. The maximum Gasteiger partial charge on any atom is 0.185 e. The van der Waals surface area contributed by atoms with Gasteiger partial charge in [0.2, 0.25) is 0 Å². The van der Waals surface area contributed by atoms with E-state index in [4.69, 9.17) is 0 Å². The normalized spacial score (nSPS) is 38.9. The van der Waals surface area contributed by atoms with Crippen LogP contribution in [0.25, 0.3) is 0 Å². The molecular weight excluding hydrogens is 192 g/mol. The van der Waals surface area contributed by atoms with E-state index in [-0.39, 0.29) is 5.12 Å². The zero-order valence-corrected chi connectivity index (χ0v) is 10.2. The van der Waals surface area contributed by atoms with Crippen LogP contribution in [0.4, 0.5) is 0 Å². The Bertz CT molecular complexity index is 245. The molecular formula is C12H20OS. The highest BCUT2D eigenvalue weighted by molar-refractivity contribution is 8.13. The van der Waals surface area contributed by atoms with Crippen LogP contribution in [0.15, 0.2) is 0 Å². The molecule has 3 saturated carbocycles. The molecule has 0 amide bonds. The second kappa shape index (κ2) is 3.55. The van der Waals surface area contributed by atoms with Gasteiger partial charge in [-0.25, -0.2) is 0 Å². The first-order valence-electron chi connectivity index (χ1n) is 5.65. The fourth-order valence-corrected chi connectivity index (χ4v) is 4.23. The van der Waals surface area contributed by atoms with Crippen molar-refractivity contribution in [2.24, 2.45) is 23.2 Å². The van der Waals surface area contributed by atoms with Crippen molar-refractivity contribution >= 4 is 16.9 Å². The second-order valence-corrected chi connectivity index (χ2v) is 6.70. The van der Waals surface area contributed by atoms with E-state index < -0.39 is 0 Å². The van der Waals surface area contributed by atoms with Crippen molar-refractivity contribution in [3.05, 3.63) is 0 Å². The highest BCUT2D eigenvalue weighted by Gasteiger charge is 2.53. The average Bonchev–Trinajstić information content (AvgIpc) is 2.14. The maximum atomic E-state index is 10.9. The van der Waals surface area contributed by atoms with Crippen molar-refractivity contribution in [2.45, 2.75) is 40.0 Å². The standard InChI is InChI=1S/C12H20OS/c1-8(13)14-7-9-4-5-10-6-11(9)12(10,2)3/h9-11H,4-7H2,1-3H3. The number of thioether (sulfide) groups is 1. The molecule has 3 aliphatic rings. The first-order valence-corrected chi connectivity index (χ1v) is 6.63. The molecule has 0 heterocycles. The summed E-state index contributed by atoms with van der Waals surface area (Å²) in [6.45, 7) is 6.51. The zero-order valence-electron chi connectivity index (χ0n) is 9.38. The van der Waals surface area contributed by atoms with Crippen molar-refractivity contribution < 1.29 is 4.79 Å². The Hall–Kier alpha value is 0.0200. The lowest BCUT2D eigenvalue weighted by atomic mass is 9.46. The van der Waals surface area contributed by atoms with Gasteiger partial charge in [0, 0.05) is 12.7 Å². The van der Waals surface area contributed by atoms with E-state index in [9.17, 15) is 4.79 Å². The molecule has 80 valence electrons. The Balaban J connectivity index is 1.91. The molecule has 3 unspecified atom stereocenters. The SMILES string of the molecule is CC(=O)SCC1CCC2CC1C2(C)C. The zero-order chi connectivity index (χ0) is 10.3. The summed E-state index contributed by atoms with van der Waals surface area (Å²) < 4.78 is 0. The van der Waals surface area contributed by atoms with Gasteiger partial charge in [-0.05, 0) is 42.4 Å². The summed E-state index contributed by atoms with van der Waals surface area (Å²) in [5.74, 6) is 3.75. The van der Waals surface area contributed by atoms with E-state index in [1.165, 1.54) is 31.0 Å². The molecule has 1 nitrogen and oxygen atoms in total. The second-order valence-electron chi connectivity index (χ2n) is 5.50. The Morgan fingerprint density at radius 3 is 2.64 bits per heavy atom. The van der Waals surface area contributed by atoms with Gasteiger partial charge >= 0.3 is 0 Å². The number of carbonyl (C=O) groups excluding carboxylic acids is 1. The van der Waals surface area contributed by atoms with Crippen LogP contribution in [0.3, 0.4) is 0 Å². The van der Waals surface area contributed by atoms with Crippen molar-refractivity contribution in [3.63, 3.8) is 0 Å². The summed E-state index contributed by atoms with van der Waals surface area (Å²) in [7, 11) is 0. The summed E-state index contributed by atoms with van der Waals surface area (Å²) in [6, 6.07) is 0. The van der Waals surface area contributed by atoms with Gasteiger partial charge in [0.15, 0.2) is 5.12 Å². The number of fused-ring (bicyclic) bond motifs is 2. The lowest BCUT2D eigenvalue weighted by Crippen LogP contribution is -2.52. The third-order valence-corrected chi connectivity index (χ3v) is 5.50. The summed E-state index contributed by atoms with van der Waals surface area (Å²) in [5.41, 5.74) is 0.570. The smallest absolute Gasteiger partial charge is 0.185 e. The molecule has 0 aliphatic heterocycles. The number of hydrogen-bond donors (Lipinski definition) is 0. The van der Waals surface area contributed by atoms with Gasteiger partial charge in [-0.3, -0.25) is 4.79 Å². The topological polar surface area (TPSA) is 17.1 Å². The predicted molar refractivity (Wildman–Crippen MR) is 61.2 cm³/mol. The summed E-state index contributed by atoms with van der Waals surface area (Å²) >= 11 is 1.53. The van der Waals surface area contributed by atoms with Crippen LogP contribution < -0.4 is 0 Å². The average molecular weight is 212 g/mol. The number of rotatable bonds is 2. The minimum atomic E-state index is 0.282. The summed E-state index contributed by atoms with van der Waals surface area (Å²) in [4.78, 5) is 10.9. The summed E-state index contributed by atoms with van der Waals surface area (Å²) in [5, 5.41) is 0.282. The lowest BCUT2D eigenvalue weighted by Gasteiger charge is -2.60. The van der Waals surface area contributed by atoms with Gasteiger partial charge in [-0.1, -0.05) is 25.6 Å². The highest BCUT2D eigenvalue weighted by Crippen LogP contribution is 2.61. The quantitative estimate of drug-likeness (QED) is 0.698. The molecule has 0 spiro atoms. The van der Waals surface area contributed by atoms with E-state index in [0.29, 0.717) is 5.41 Å². The van der Waals surface area contributed by atoms with Crippen molar-refractivity contribution in [2.75, 3.05) is 5.75 Å². The highest BCUT2D eigenvalue weighted by atomic mass is 32.2. The molecule has 0 aromatic rings. The molecule has 2 heteroatoms. The maximum absolute atomic E-state index is 10.9. The Kier molecular flexibility index (Phi) is 2.67. The Morgan fingerprint density at radius 2 is 2.14 bits per heavy atom. The van der Waals surface area contributed by atoms with Crippen LogP contribution in [0, 0.1) is 23.2 Å². The summed E-state index contributed by atoms with van der Waals surface area (Å²) in [6.07, 6.45) is 4.18. The van der Waals surface area contributed by atoms with Gasteiger partial charge in [-0.15, -0.1) is 0 Å². The first-order chi connectivity index (χ1) is 6.51. The molecule has 2 bridgehead atoms. The van der Waals surface area contributed by atoms with Crippen LogP contribution in [0.2, 0.25) is 0 Å². The van der Waals surface area contributed by atoms with Crippen molar-refractivity contribution in [1.82, 2.24) is 0 Å². The van der Waals surface area contributed by atoms with Crippen molar-refractivity contribution in [1.29, 1.82) is 0 Å². The third-order valence-electron chi connectivity index (χ3n) is 4.50. The molecule has 3 atom stereocenters. The van der Waals surface area contributed by atoms with E-state index in [1.54, 1.807) is 6.92 Å². The molecule has 0 radical (unpaired) electrons. The van der Waals surface area contributed by atoms with Gasteiger partial charge in [0.25, 0.3) is 0 Å². The Labute approximate surface area is 91.0 Å². The van der Waals surface area contributed by atoms with Crippen LogP contribution in [0.1, 0.15) is 40.0 Å². The van der Waals surface area contributed by atoms with E-state index in [1.807, 2.05) is 0 Å². The molecule has 14 heavy (non-hydrogen) atoms. The molecule has 3 aliphatic carbocycles. The Morgan fingerprint density at radius 1 is 1.43 bits per heavy atom. The molecule has 0 aromatic heterocycles. The number of hydrogen-bond acceptors (Lipinski definition) is 2. The number of carbonyl (C=O) groups is 1. The molecule has 3 rings (SSSR count). The van der Waals surface area contributed by atoms with Crippen LogP contribution in [-0.2, 0) is 4.79 Å². The first kappa shape index (κ1) is 10.5. The van der Waals surface area contributed by atoms with Gasteiger partial charge in [0.1, 0.15) is 0 Å². The molecule has 0 saturated heterocycles. The largest absolute Gasteiger partial charge is 0.288 e. The molecule has 0 N–H and O–H groups in total. The molecule has 0 aromatic carbocycles. The lowest BCUT2D eigenvalue weighted by molar-refractivity contribution is -0.109. The van der Waals surface area contributed by atoms with Gasteiger partial charge in [-0.2, -0.15) is 0 Å². The van der Waals surface area contributed by atoms with Crippen LogP contribution in [0.5, 0.6) is 0 Å². The molecule has 3 fully saturated rings. The van der Waals surface area contributed by atoms with E-state index in [0.717, 1.165) is 23.5 Å². The predicted octanol–water partition coefficient (Wildman–Crippen LogP) is 3.34. The van der Waals surface area contributed by atoms with Crippen LogP contribution >= 0.6 is 11.8 Å². The van der Waals surface area contributed by atoms with E-state index in [2.05, 4.69) is 13.8 Å². The van der Waals surface area contributed by atoms with Gasteiger partial charge < -0.3 is 0 Å². The third kappa shape index (κ3) is 1.62. The van der Waals surface area contributed by atoms with Crippen molar-refractivity contribution in [3.8, 4) is 0 Å². The fourth-order valence-electron chi connectivity index (χ4n) is 3.39. The van der Waals surface area contributed by atoms with Gasteiger partial charge in [0.05, 0.1) is 0 Å². The minimum absolute atomic E-state index is 0.282. The van der Waals surface area contributed by atoms with E-state index >= 15 is 0 Å². The van der Waals surface area contributed by atoms with Crippen LogP contribution in [-0.4, -0.2) is 10.9 Å². The fraction of sp³-hybridized carbons (Fsp3) is 0.917.